The van der Waals surface area contributed by atoms with Crippen molar-refractivity contribution in [2.45, 2.75) is 5.41 Å². The van der Waals surface area contributed by atoms with Crippen LogP contribution in [0.5, 0.6) is 0 Å². The highest BCUT2D eigenvalue weighted by molar-refractivity contribution is 7.24. The molecule has 0 radical (unpaired) electrons. The van der Waals surface area contributed by atoms with Crippen molar-refractivity contribution in [3.05, 3.63) is 324 Å². The van der Waals surface area contributed by atoms with Gasteiger partial charge in [0.05, 0.1) is 5.41 Å². The first-order valence-corrected chi connectivity index (χ1v) is 29.4. The van der Waals surface area contributed by atoms with Crippen LogP contribution >= 0.6 is 0 Å². The summed E-state index contributed by atoms with van der Waals surface area (Å²) in [5.41, 5.74) is 17.4. The van der Waals surface area contributed by atoms with Crippen molar-refractivity contribution < 1.29 is 0 Å². The number of rotatable bonds is 5. The summed E-state index contributed by atoms with van der Waals surface area (Å²) in [4.78, 5) is 0. The zero-order chi connectivity index (χ0) is 51.1. The lowest BCUT2D eigenvalue weighted by Crippen LogP contribution is -2.70. The van der Waals surface area contributed by atoms with Crippen molar-refractivity contribution in [1.82, 2.24) is 0 Å². The summed E-state index contributed by atoms with van der Waals surface area (Å²) >= 11 is 0. The van der Waals surface area contributed by atoms with Crippen molar-refractivity contribution in [3.8, 4) is 33.4 Å². The van der Waals surface area contributed by atoms with E-state index in [1.807, 2.05) is 0 Å². The molecule has 0 saturated carbocycles. The molecule has 0 nitrogen and oxygen atoms in total. The monoisotopic (exact) mass is 1000 g/mol. The van der Waals surface area contributed by atoms with Crippen LogP contribution in [0.4, 0.5) is 0 Å². The van der Waals surface area contributed by atoms with E-state index in [0.717, 1.165) is 0 Å². The second-order valence-corrected chi connectivity index (χ2v) is 25.5. The van der Waals surface area contributed by atoms with E-state index >= 15 is 0 Å². The van der Waals surface area contributed by atoms with Crippen molar-refractivity contribution >= 4 is 94.3 Å². The summed E-state index contributed by atoms with van der Waals surface area (Å²) in [5.74, 6) is 0. The molecule has 0 fully saturated rings. The largest absolute Gasteiger partial charge is 0.182 e. The normalized spacial score (nSPS) is 15.4. The molecule has 2 aliphatic heterocycles. The lowest BCUT2D eigenvalue weighted by atomic mass is 9.67. The fraction of sp³-hybridized carbons (Fsp3) is 0.0130. The highest BCUT2D eigenvalue weighted by Gasteiger charge is 2.54. The summed E-state index contributed by atoms with van der Waals surface area (Å²) in [6.07, 6.45) is 2.50. The molecule has 17 rings (SSSR count). The molecule has 0 bridgehead atoms. The zero-order valence-electron chi connectivity index (χ0n) is 42.7. The molecule has 1 spiro atoms. The average Bonchev–Trinajstić information content (AvgIpc) is 4.15. The quantitative estimate of drug-likeness (QED) is 0.0916. The molecular formula is C77H48Si. The number of benzene rings is 14. The lowest BCUT2D eigenvalue weighted by Gasteiger charge is -2.34. The molecule has 360 valence electrons. The van der Waals surface area contributed by atoms with Crippen LogP contribution in [0.25, 0.3) is 98.9 Å². The topological polar surface area (TPSA) is 0 Å². The average molecular weight is 1000 g/mol. The Bertz CT molecular complexity index is 4870. The van der Waals surface area contributed by atoms with Gasteiger partial charge in [-0.25, -0.2) is 0 Å². The molecule has 0 amide bonds. The van der Waals surface area contributed by atoms with Gasteiger partial charge in [-0.3, -0.25) is 0 Å². The Balaban J connectivity index is 0.935. The molecule has 1 atom stereocenters. The predicted octanol–water partition coefficient (Wildman–Crippen LogP) is 16.7. The van der Waals surface area contributed by atoms with Crippen LogP contribution in [0.2, 0.25) is 0 Å². The first kappa shape index (κ1) is 43.6. The number of fused-ring (bicyclic) bond motifs is 19. The highest BCUT2D eigenvalue weighted by atomic mass is 28.3. The van der Waals surface area contributed by atoms with Crippen LogP contribution in [0.15, 0.2) is 285 Å². The molecule has 2 heterocycles. The number of hydrogen-bond donors (Lipinski definition) is 0. The van der Waals surface area contributed by atoms with E-state index in [9.17, 15) is 0 Å². The Morgan fingerprint density at radius 2 is 0.769 bits per heavy atom. The molecule has 3 aliphatic rings. The van der Waals surface area contributed by atoms with Crippen molar-refractivity contribution in [2.75, 3.05) is 0 Å². The van der Waals surface area contributed by atoms with Crippen molar-refractivity contribution in [2.24, 2.45) is 0 Å². The standard InChI is InChI=1S/C77H48Si/c1-2-18-52-43-61(37-35-50(52)16-1)77(71-29-12-9-26-64(71)65-27-10-13-30-72(65)77)60-24-15-23-57(44-60)68(59-36-39-63-58(42-59)34-33-51-17-7-8-25-62(51)63)40-49-32-38-67-70-46-54-20-4-6-22-56(54)48-76(70)78(74(67)41-49)73-31-14-11-28-66(73)69-45-53-19-3-5-21-55(53)47-75(69)78/h1-48H/b68-40+/t78-/m0/s1. The third-order valence-corrected chi connectivity index (χ3v) is 23.0. The smallest absolute Gasteiger partial charge is 0.0623 e. The molecule has 0 unspecified atom stereocenters. The summed E-state index contributed by atoms with van der Waals surface area (Å²) < 4.78 is 0. The SMILES string of the molecule is C(=C(/c1cccc(C2(c3ccc4ccccc4c3)c3ccccc3-c3ccccc32)c1)c1ccc2c(ccc3ccccc32)c1)/c1ccc2c(c1)[Si@]1(c3ccccc3-c3cc4ccccc4cc31)c1cc3ccccc3cc1-2. The molecule has 78 heavy (non-hydrogen) atoms. The van der Waals surface area contributed by atoms with Gasteiger partial charge in [0.15, 0.2) is 8.07 Å². The Hall–Kier alpha value is -9.66. The Kier molecular flexibility index (Phi) is 9.17. The van der Waals surface area contributed by atoms with E-state index < -0.39 is 13.5 Å². The van der Waals surface area contributed by atoms with E-state index in [1.165, 1.54) is 153 Å². The first-order chi connectivity index (χ1) is 38.6. The maximum atomic E-state index is 2.60. The maximum Gasteiger partial charge on any atom is 0.182 e. The summed E-state index contributed by atoms with van der Waals surface area (Å²) in [7, 11) is -2.88. The molecule has 1 heteroatoms. The fourth-order valence-corrected chi connectivity index (χ4v) is 20.4. The molecule has 0 saturated heterocycles. The predicted molar refractivity (Wildman–Crippen MR) is 333 cm³/mol. The maximum absolute atomic E-state index is 2.88. The van der Waals surface area contributed by atoms with Crippen LogP contribution in [0.1, 0.15) is 38.9 Å². The Morgan fingerprint density at radius 1 is 0.269 bits per heavy atom. The van der Waals surface area contributed by atoms with Crippen LogP contribution in [-0.4, -0.2) is 8.07 Å². The lowest BCUT2D eigenvalue weighted by molar-refractivity contribution is 0.769. The summed E-state index contributed by atoms with van der Waals surface area (Å²) in [5, 5.41) is 18.6. The second kappa shape index (κ2) is 16.4. The van der Waals surface area contributed by atoms with E-state index in [-0.39, 0.29) is 0 Å². The molecule has 1 aliphatic carbocycles. The van der Waals surface area contributed by atoms with Crippen LogP contribution in [-0.2, 0) is 5.41 Å². The summed E-state index contributed by atoms with van der Waals surface area (Å²) in [6, 6.07) is 109. The second-order valence-electron chi connectivity index (χ2n) is 21.9. The van der Waals surface area contributed by atoms with Crippen LogP contribution < -0.4 is 20.7 Å². The van der Waals surface area contributed by atoms with Gasteiger partial charge >= 0.3 is 0 Å². The highest BCUT2D eigenvalue weighted by Crippen LogP contribution is 2.57. The van der Waals surface area contributed by atoms with E-state index in [0.29, 0.717) is 0 Å². The van der Waals surface area contributed by atoms with Crippen molar-refractivity contribution in [1.29, 1.82) is 0 Å². The minimum atomic E-state index is -2.88. The number of hydrogen-bond acceptors (Lipinski definition) is 0. The first-order valence-electron chi connectivity index (χ1n) is 27.4. The Morgan fingerprint density at radius 3 is 1.47 bits per heavy atom. The van der Waals surface area contributed by atoms with Crippen LogP contribution in [0, 0.1) is 0 Å². The van der Waals surface area contributed by atoms with E-state index in [2.05, 4.69) is 291 Å². The van der Waals surface area contributed by atoms with Gasteiger partial charge in [0.25, 0.3) is 0 Å². The van der Waals surface area contributed by atoms with Gasteiger partial charge < -0.3 is 0 Å². The van der Waals surface area contributed by atoms with Gasteiger partial charge in [-0.2, -0.15) is 0 Å². The molecule has 0 N–H and O–H groups in total. The Labute approximate surface area is 454 Å². The third-order valence-electron chi connectivity index (χ3n) is 18.0. The van der Waals surface area contributed by atoms with E-state index in [4.69, 9.17) is 0 Å². The van der Waals surface area contributed by atoms with Gasteiger partial charge in [-0.1, -0.05) is 255 Å². The molecular weight excluding hydrogens is 953 g/mol. The fourth-order valence-electron chi connectivity index (χ4n) is 14.7. The van der Waals surface area contributed by atoms with Gasteiger partial charge in [-0.15, -0.1) is 0 Å². The molecule has 14 aromatic carbocycles. The minimum Gasteiger partial charge on any atom is -0.0623 e. The summed E-state index contributed by atoms with van der Waals surface area (Å²) in [6.45, 7) is 0. The van der Waals surface area contributed by atoms with E-state index in [1.54, 1.807) is 0 Å². The van der Waals surface area contributed by atoms with Gasteiger partial charge in [-0.05, 0) is 189 Å². The molecule has 0 aromatic heterocycles. The van der Waals surface area contributed by atoms with Crippen molar-refractivity contribution in [3.63, 3.8) is 0 Å². The van der Waals surface area contributed by atoms with Gasteiger partial charge in [0.2, 0.25) is 0 Å². The molecule has 14 aromatic rings. The van der Waals surface area contributed by atoms with Gasteiger partial charge in [0, 0.05) is 0 Å². The van der Waals surface area contributed by atoms with Crippen LogP contribution in [0.3, 0.4) is 0 Å². The minimum absolute atomic E-state index is 0.574. The zero-order valence-corrected chi connectivity index (χ0v) is 43.7. The van der Waals surface area contributed by atoms with Gasteiger partial charge in [0.1, 0.15) is 0 Å². The third kappa shape index (κ3) is 6.00.